The van der Waals surface area contributed by atoms with Gasteiger partial charge in [0.15, 0.2) is 17.5 Å². The number of nitrogens with two attached hydrogens (primary N) is 1. The molecule has 2 nitrogen and oxygen atoms in total. The summed E-state index contributed by atoms with van der Waals surface area (Å²) in [7, 11) is 0. The van der Waals surface area contributed by atoms with E-state index in [-0.39, 0.29) is 6.04 Å². The average molecular weight is 300 g/mol. The van der Waals surface area contributed by atoms with Crippen LogP contribution < -0.4 is 5.73 Å². The van der Waals surface area contributed by atoms with Gasteiger partial charge in [0.1, 0.15) is 0 Å². The van der Waals surface area contributed by atoms with Gasteiger partial charge in [-0.05, 0) is 56.3 Å². The largest absolute Gasteiger partial charge is 0.328 e. The van der Waals surface area contributed by atoms with Gasteiger partial charge in [-0.25, -0.2) is 13.2 Å². The molecular formula is C16H23F3N2. The fourth-order valence-electron chi connectivity index (χ4n) is 3.08. The SMILES string of the molecule is CCCN(Cc1cc(F)c(F)c(F)c1)C1CCC(N)CC1. The van der Waals surface area contributed by atoms with Crippen molar-refractivity contribution in [1.82, 2.24) is 4.90 Å². The van der Waals surface area contributed by atoms with E-state index < -0.39 is 17.5 Å². The van der Waals surface area contributed by atoms with Crippen molar-refractivity contribution in [3.8, 4) is 0 Å². The van der Waals surface area contributed by atoms with Crippen molar-refractivity contribution < 1.29 is 13.2 Å². The first-order chi connectivity index (χ1) is 10.0. The van der Waals surface area contributed by atoms with E-state index >= 15 is 0 Å². The Kier molecular flexibility index (Phi) is 5.65. The third-order valence-corrected chi connectivity index (χ3v) is 4.20. The summed E-state index contributed by atoms with van der Waals surface area (Å²) in [6.45, 7) is 3.38. The van der Waals surface area contributed by atoms with E-state index in [2.05, 4.69) is 11.8 Å². The van der Waals surface area contributed by atoms with E-state index in [0.29, 0.717) is 18.2 Å². The Morgan fingerprint density at radius 1 is 1.10 bits per heavy atom. The van der Waals surface area contributed by atoms with Crippen LogP contribution in [-0.2, 0) is 6.54 Å². The molecule has 0 saturated heterocycles. The Hall–Kier alpha value is -1.07. The van der Waals surface area contributed by atoms with E-state index in [1.807, 2.05) is 0 Å². The number of halogens is 3. The van der Waals surface area contributed by atoms with E-state index in [0.717, 1.165) is 50.8 Å². The summed E-state index contributed by atoms with van der Waals surface area (Å²) < 4.78 is 39.7. The van der Waals surface area contributed by atoms with Crippen LogP contribution in [0.25, 0.3) is 0 Å². The van der Waals surface area contributed by atoms with E-state index in [4.69, 9.17) is 5.73 Å². The van der Waals surface area contributed by atoms with Gasteiger partial charge in [0.05, 0.1) is 0 Å². The fraction of sp³-hybridized carbons (Fsp3) is 0.625. The van der Waals surface area contributed by atoms with Crippen molar-refractivity contribution in [2.45, 2.75) is 57.7 Å². The minimum atomic E-state index is -1.40. The van der Waals surface area contributed by atoms with E-state index in [1.165, 1.54) is 0 Å². The summed E-state index contributed by atoms with van der Waals surface area (Å²) in [6, 6.07) is 2.84. The molecule has 0 amide bonds. The first-order valence-corrected chi connectivity index (χ1v) is 7.64. The molecule has 0 aliphatic heterocycles. The molecule has 2 rings (SSSR count). The predicted octanol–water partition coefficient (Wildman–Crippen LogP) is 3.59. The maximum absolute atomic E-state index is 13.3. The number of hydrogen-bond donors (Lipinski definition) is 1. The molecule has 1 aromatic carbocycles. The van der Waals surface area contributed by atoms with Gasteiger partial charge in [-0.3, -0.25) is 4.90 Å². The van der Waals surface area contributed by atoms with Crippen molar-refractivity contribution in [2.75, 3.05) is 6.54 Å². The number of rotatable bonds is 5. The molecule has 5 heteroatoms. The highest BCUT2D eigenvalue weighted by Gasteiger charge is 2.24. The highest BCUT2D eigenvalue weighted by atomic mass is 19.2. The summed E-state index contributed by atoms with van der Waals surface area (Å²) in [5.41, 5.74) is 6.40. The lowest BCUT2D eigenvalue weighted by Gasteiger charge is -2.36. The minimum Gasteiger partial charge on any atom is -0.328 e. The maximum atomic E-state index is 13.3. The number of benzene rings is 1. The van der Waals surface area contributed by atoms with Crippen LogP contribution in [0.5, 0.6) is 0 Å². The van der Waals surface area contributed by atoms with Crippen molar-refractivity contribution in [1.29, 1.82) is 0 Å². The van der Waals surface area contributed by atoms with Crippen LogP contribution in [0.4, 0.5) is 13.2 Å². The molecular weight excluding hydrogens is 277 g/mol. The average Bonchev–Trinajstić information content (AvgIpc) is 2.45. The van der Waals surface area contributed by atoms with Crippen LogP contribution in [-0.4, -0.2) is 23.5 Å². The Morgan fingerprint density at radius 3 is 2.19 bits per heavy atom. The van der Waals surface area contributed by atoms with Gasteiger partial charge in [-0.2, -0.15) is 0 Å². The highest BCUT2D eigenvalue weighted by Crippen LogP contribution is 2.24. The Bertz CT molecular complexity index is 448. The first-order valence-electron chi connectivity index (χ1n) is 7.64. The minimum absolute atomic E-state index is 0.269. The second-order valence-electron chi connectivity index (χ2n) is 5.91. The van der Waals surface area contributed by atoms with Crippen LogP contribution in [0.3, 0.4) is 0 Å². The Balaban J connectivity index is 2.09. The summed E-state index contributed by atoms with van der Waals surface area (Å²) >= 11 is 0. The lowest BCUT2D eigenvalue weighted by atomic mass is 9.90. The standard InChI is InChI=1S/C16H23F3N2/c1-2-7-21(13-5-3-12(20)4-6-13)10-11-8-14(17)16(19)15(18)9-11/h8-9,12-13H,2-7,10,20H2,1H3. The zero-order valence-electron chi connectivity index (χ0n) is 12.4. The summed E-state index contributed by atoms with van der Waals surface area (Å²) in [4.78, 5) is 2.23. The Labute approximate surface area is 124 Å². The molecule has 0 heterocycles. The Morgan fingerprint density at radius 2 is 1.67 bits per heavy atom. The number of hydrogen-bond acceptors (Lipinski definition) is 2. The quantitative estimate of drug-likeness (QED) is 0.842. The molecule has 0 aromatic heterocycles. The van der Waals surface area contributed by atoms with Crippen LogP contribution in [0.1, 0.15) is 44.6 Å². The van der Waals surface area contributed by atoms with Crippen molar-refractivity contribution in [3.63, 3.8) is 0 Å². The molecule has 2 N–H and O–H groups in total. The van der Waals surface area contributed by atoms with Gasteiger partial charge in [-0.1, -0.05) is 6.92 Å². The lowest BCUT2D eigenvalue weighted by molar-refractivity contribution is 0.141. The van der Waals surface area contributed by atoms with Gasteiger partial charge >= 0.3 is 0 Å². The monoisotopic (exact) mass is 300 g/mol. The van der Waals surface area contributed by atoms with Crippen molar-refractivity contribution in [3.05, 3.63) is 35.1 Å². The summed E-state index contributed by atoms with van der Waals surface area (Å²) in [5.74, 6) is -3.64. The molecule has 1 aliphatic rings. The highest BCUT2D eigenvalue weighted by molar-refractivity contribution is 5.19. The molecule has 1 aliphatic carbocycles. The van der Waals surface area contributed by atoms with Gasteiger partial charge in [0.25, 0.3) is 0 Å². The smallest absolute Gasteiger partial charge is 0.194 e. The van der Waals surface area contributed by atoms with Gasteiger partial charge < -0.3 is 5.73 Å². The third kappa shape index (κ3) is 4.20. The second-order valence-corrected chi connectivity index (χ2v) is 5.91. The maximum Gasteiger partial charge on any atom is 0.194 e. The van der Waals surface area contributed by atoms with Gasteiger partial charge in [-0.15, -0.1) is 0 Å². The van der Waals surface area contributed by atoms with E-state index in [9.17, 15) is 13.2 Å². The lowest BCUT2D eigenvalue weighted by Crippen LogP contribution is -2.40. The zero-order valence-corrected chi connectivity index (χ0v) is 12.4. The zero-order chi connectivity index (χ0) is 15.4. The third-order valence-electron chi connectivity index (χ3n) is 4.20. The van der Waals surface area contributed by atoms with Crippen LogP contribution in [0, 0.1) is 17.5 Å². The number of nitrogens with zero attached hydrogens (tertiary/aromatic N) is 1. The molecule has 0 spiro atoms. The molecule has 1 saturated carbocycles. The van der Waals surface area contributed by atoms with Crippen molar-refractivity contribution in [2.24, 2.45) is 5.73 Å². The normalized spacial score (nSPS) is 22.8. The summed E-state index contributed by atoms with van der Waals surface area (Å²) in [5, 5.41) is 0. The van der Waals surface area contributed by atoms with Crippen molar-refractivity contribution >= 4 is 0 Å². The van der Waals surface area contributed by atoms with Gasteiger partial charge in [0, 0.05) is 18.6 Å². The molecule has 0 bridgehead atoms. The first kappa shape index (κ1) is 16.3. The second kappa shape index (κ2) is 7.27. The molecule has 21 heavy (non-hydrogen) atoms. The summed E-state index contributed by atoms with van der Waals surface area (Å²) in [6.07, 6.45) is 4.95. The molecule has 0 unspecified atom stereocenters. The van der Waals surface area contributed by atoms with Crippen LogP contribution >= 0.6 is 0 Å². The fourth-order valence-corrected chi connectivity index (χ4v) is 3.08. The van der Waals surface area contributed by atoms with Crippen LogP contribution in [0.2, 0.25) is 0 Å². The van der Waals surface area contributed by atoms with E-state index in [1.54, 1.807) is 0 Å². The molecule has 0 atom stereocenters. The molecule has 118 valence electrons. The molecule has 1 fully saturated rings. The topological polar surface area (TPSA) is 29.3 Å². The van der Waals surface area contributed by atoms with Gasteiger partial charge in [0.2, 0.25) is 0 Å². The molecule has 0 radical (unpaired) electrons. The molecule has 1 aromatic rings. The predicted molar refractivity (Wildman–Crippen MR) is 77.2 cm³/mol. The van der Waals surface area contributed by atoms with Crippen LogP contribution in [0.15, 0.2) is 12.1 Å².